The van der Waals surface area contributed by atoms with Crippen molar-refractivity contribution in [3.8, 4) is 0 Å². The summed E-state index contributed by atoms with van der Waals surface area (Å²) in [6.07, 6.45) is 1.25. The second-order valence-corrected chi connectivity index (χ2v) is 5.28. The molecule has 0 bridgehead atoms. The maximum atomic E-state index is 12.2. The molecule has 6 heteroatoms. The molecular weight excluding hydrogens is 278 g/mol. The predicted molar refractivity (Wildman–Crippen MR) is 80.1 cm³/mol. The standard InChI is InChI=1S/C14H24ClN3O2/c1-5-10(6-2)11(19)8-16-14(20)12-9(4)17-18(7-3)13(12)15/h10-11,19H,5-8H2,1-4H3,(H,16,20). The van der Waals surface area contributed by atoms with Gasteiger partial charge in [0.25, 0.3) is 5.91 Å². The van der Waals surface area contributed by atoms with Crippen LogP contribution in [0.4, 0.5) is 0 Å². The number of carbonyl (C=O) groups excluding carboxylic acids is 1. The number of nitrogens with one attached hydrogen (secondary N) is 1. The molecule has 0 aliphatic rings. The number of halogens is 1. The molecule has 1 heterocycles. The first-order chi connectivity index (χ1) is 9.46. The highest BCUT2D eigenvalue weighted by atomic mass is 35.5. The van der Waals surface area contributed by atoms with Gasteiger partial charge in [-0.05, 0) is 19.8 Å². The summed E-state index contributed by atoms with van der Waals surface area (Å²) < 4.78 is 1.59. The van der Waals surface area contributed by atoms with Crippen LogP contribution in [0.15, 0.2) is 0 Å². The normalized spacial score (nSPS) is 12.8. The Morgan fingerprint density at radius 2 is 2.00 bits per heavy atom. The minimum absolute atomic E-state index is 0.199. The van der Waals surface area contributed by atoms with Crippen molar-refractivity contribution < 1.29 is 9.90 Å². The maximum absolute atomic E-state index is 12.2. The second kappa shape index (κ2) is 7.64. The van der Waals surface area contributed by atoms with E-state index >= 15 is 0 Å². The Morgan fingerprint density at radius 3 is 2.45 bits per heavy atom. The van der Waals surface area contributed by atoms with E-state index in [1.54, 1.807) is 11.6 Å². The zero-order valence-electron chi connectivity index (χ0n) is 12.6. The van der Waals surface area contributed by atoms with Gasteiger partial charge in [-0.15, -0.1) is 0 Å². The Labute approximate surface area is 125 Å². The number of rotatable bonds is 7. The Kier molecular flexibility index (Phi) is 6.49. The predicted octanol–water partition coefficient (Wildman–Crippen LogP) is 2.39. The molecule has 2 N–H and O–H groups in total. The van der Waals surface area contributed by atoms with E-state index < -0.39 is 6.10 Å². The largest absolute Gasteiger partial charge is 0.391 e. The summed E-state index contributed by atoms with van der Waals surface area (Å²) in [5.41, 5.74) is 0.997. The van der Waals surface area contributed by atoms with Crippen LogP contribution in [0.25, 0.3) is 0 Å². The monoisotopic (exact) mass is 301 g/mol. The number of carbonyl (C=O) groups is 1. The quantitative estimate of drug-likeness (QED) is 0.812. The molecule has 1 rings (SSSR count). The van der Waals surface area contributed by atoms with Gasteiger partial charge in [-0.25, -0.2) is 0 Å². The van der Waals surface area contributed by atoms with Gasteiger partial charge in [-0.1, -0.05) is 38.3 Å². The summed E-state index contributed by atoms with van der Waals surface area (Å²) in [6.45, 7) is 8.58. The molecule has 114 valence electrons. The fourth-order valence-corrected chi connectivity index (χ4v) is 2.69. The summed E-state index contributed by atoms with van der Waals surface area (Å²) in [5, 5.41) is 17.3. The van der Waals surface area contributed by atoms with E-state index in [1.807, 2.05) is 20.8 Å². The van der Waals surface area contributed by atoms with Crippen LogP contribution in [0.2, 0.25) is 5.15 Å². The van der Waals surface area contributed by atoms with E-state index in [0.29, 0.717) is 23.0 Å². The molecule has 0 saturated heterocycles. The number of hydrogen-bond acceptors (Lipinski definition) is 3. The average molecular weight is 302 g/mol. The van der Waals surface area contributed by atoms with Crippen molar-refractivity contribution in [2.45, 2.75) is 53.2 Å². The molecule has 1 unspecified atom stereocenters. The van der Waals surface area contributed by atoms with Crippen LogP contribution in [-0.2, 0) is 6.54 Å². The molecular formula is C14H24ClN3O2. The molecule has 1 amide bonds. The Morgan fingerprint density at radius 1 is 1.40 bits per heavy atom. The molecule has 1 aromatic heterocycles. The molecule has 0 aliphatic carbocycles. The third-order valence-corrected chi connectivity index (χ3v) is 4.04. The van der Waals surface area contributed by atoms with E-state index in [0.717, 1.165) is 12.8 Å². The lowest BCUT2D eigenvalue weighted by Crippen LogP contribution is -2.36. The molecule has 0 saturated carbocycles. The number of aliphatic hydroxyl groups is 1. The van der Waals surface area contributed by atoms with Crippen LogP contribution >= 0.6 is 11.6 Å². The summed E-state index contributed by atoms with van der Waals surface area (Å²) in [6, 6.07) is 0. The molecule has 1 aromatic rings. The average Bonchev–Trinajstić information content (AvgIpc) is 2.72. The van der Waals surface area contributed by atoms with E-state index in [-0.39, 0.29) is 18.4 Å². The molecule has 0 aliphatic heterocycles. The van der Waals surface area contributed by atoms with Gasteiger partial charge < -0.3 is 10.4 Å². The van der Waals surface area contributed by atoms with Crippen molar-refractivity contribution in [1.29, 1.82) is 0 Å². The van der Waals surface area contributed by atoms with Crippen molar-refractivity contribution in [2.75, 3.05) is 6.54 Å². The van der Waals surface area contributed by atoms with Crippen molar-refractivity contribution in [1.82, 2.24) is 15.1 Å². The third-order valence-electron chi connectivity index (χ3n) is 3.66. The molecule has 1 atom stereocenters. The van der Waals surface area contributed by atoms with Gasteiger partial charge in [0.1, 0.15) is 5.15 Å². The summed E-state index contributed by atoms with van der Waals surface area (Å²) in [4.78, 5) is 12.2. The van der Waals surface area contributed by atoms with Gasteiger partial charge in [0, 0.05) is 13.1 Å². The summed E-state index contributed by atoms with van der Waals surface area (Å²) >= 11 is 6.13. The van der Waals surface area contributed by atoms with Crippen LogP contribution < -0.4 is 5.32 Å². The molecule has 5 nitrogen and oxygen atoms in total. The molecule has 0 radical (unpaired) electrons. The summed E-state index contributed by atoms with van der Waals surface area (Å²) in [5.74, 6) is -0.0811. The highest BCUT2D eigenvalue weighted by Crippen LogP contribution is 2.19. The lowest BCUT2D eigenvalue weighted by Gasteiger charge is -2.20. The minimum atomic E-state index is -0.533. The molecule has 0 spiro atoms. The molecule has 0 fully saturated rings. The van der Waals surface area contributed by atoms with Crippen molar-refractivity contribution in [2.24, 2.45) is 5.92 Å². The topological polar surface area (TPSA) is 67.2 Å². The highest BCUT2D eigenvalue weighted by Gasteiger charge is 2.21. The SMILES string of the molecule is CCC(CC)C(O)CNC(=O)c1c(C)nn(CC)c1Cl. The van der Waals surface area contributed by atoms with Crippen LogP contribution in [0.5, 0.6) is 0 Å². The number of aryl methyl sites for hydroxylation is 2. The fraction of sp³-hybridized carbons (Fsp3) is 0.714. The highest BCUT2D eigenvalue weighted by molar-refractivity contribution is 6.33. The third kappa shape index (κ3) is 3.73. The minimum Gasteiger partial charge on any atom is -0.391 e. The Bertz CT molecular complexity index is 456. The van der Waals surface area contributed by atoms with E-state index in [2.05, 4.69) is 10.4 Å². The first-order valence-corrected chi connectivity index (χ1v) is 7.53. The summed E-state index contributed by atoms with van der Waals surface area (Å²) in [7, 11) is 0. The van der Waals surface area contributed by atoms with Crippen molar-refractivity contribution in [3.63, 3.8) is 0 Å². The van der Waals surface area contributed by atoms with Gasteiger partial charge in [-0.3, -0.25) is 9.48 Å². The van der Waals surface area contributed by atoms with Gasteiger partial charge in [0.15, 0.2) is 0 Å². The van der Waals surface area contributed by atoms with E-state index in [1.165, 1.54) is 0 Å². The van der Waals surface area contributed by atoms with Crippen LogP contribution in [0.3, 0.4) is 0 Å². The van der Waals surface area contributed by atoms with Gasteiger partial charge in [0.2, 0.25) is 0 Å². The fourth-order valence-electron chi connectivity index (χ4n) is 2.31. The van der Waals surface area contributed by atoms with E-state index in [4.69, 9.17) is 11.6 Å². The molecule has 20 heavy (non-hydrogen) atoms. The Balaban J connectivity index is 2.70. The molecule has 0 aromatic carbocycles. The maximum Gasteiger partial charge on any atom is 0.256 e. The van der Waals surface area contributed by atoms with Crippen LogP contribution in [-0.4, -0.2) is 33.4 Å². The second-order valence-electron chi connectivity index (χ2n) is 4.92. The van der Waals surface area contributed by atoms with Crippen LogP contribution in [0.1, 0.15) is 49.7 Å². The smallest absolute Gasteiger partial charge is 0.256 e. The van der Waals surface area contributed by atoms with Gasteiger partial charge >= 0.3 is 0 Å². The van der Waals surface area contributed by atoms with Crippen molar-refractivity contribution in [3.05, 3.63) is 16.4 Å². The van der Waals surface area contributed by atoms with Gasteiger partial charge in [-0.2, -0.15) is 5.10 Å². The van der Waals surface area contributed by atoms with Crippen LogP contribution in [0, 0.1) is 12.8 Å². The zero-order chi connectivity index (χ0) is 15.3. The van der Waals surface area contributed by atoms with Gasteiger partial charge in [0.05, 0.1) is 17.4 Å². The first kappa shape index (κ1) is 17.0. The number of aliphatic hydroxyl groups excluding tert-OH is 1. The lowest BCUT2D eigenvalue weighted by molar-refractivity contribution is 0.0816. The number of amides is 1. The number of hydrogen-bond donors (Lipinski definition) is 2. The first-order valence-electron chi connectivity index (χ1n) is 7.15. The number of aromatic nitrogens is 2. The zero-order valence-corrected chi connectivity index (χ0v) is 13.4. The van der Waals surface area contributed by atoms with Crippen molar-refractivity contribution >= 4 is 17.5 Å². The lowest BCUT2D eigenvalue weighted by atomic mass is 9.96. The number of nitrogens with zero attached hydrogens (tertiary/aromatic N) is 2. The Hall–Kier alpha value is -1.07. The van der Waals surface area contributed by atoms with E-state index in [9.17, 15) is 9.90 Å².